The molecule has 1 aliphatic heterocycles. The highest BCUT2D eigenvalue weighted by atomic mass is 35.5. The SMILES string of the molecule is Cc1ccc(-n2ncc(N3CCN(C(=O)Cc4ccccc4C)CC3)c(Cl)c2=O)cc1Cl. The van der Waals surface area contributed by atoms with Crippen molar-refractivity contribution in [3.8, 4) is 5.69 Å². The van der Waals surface area contributed by atoms with Crippen LogP contribution in [0.25, 0.3) is 5.69 Å². The number of anilines is 1. The summed E-state index contributed by atoms with van der Waals surface area (Å²) >= 11 is 12.6. The van der Waals surface area contributed by atoms with Crippen molar-refractivity contribution in [1.29, 1.82) is 0 Å². The molecule has 0 saturated carbocycles. The fourth-order valence-corrected chi connectivity index (χ4v) is 4.25. The predicted octanol–water partition coefficient (Wildman–Crippen LogP) is 4.05. The topological polar surface area (TPSA) is 58.4 Å². The average molecular weight is 471 g/mol. The first-order valence-corrected chi connectivity index (χ1v) is 11.2. The van der Waals surface area contributed by atoms with E-state index in [4.69, 9.17) is 23.2 Å². The van der Waals surface area contributed by atoms with Gasteiger partial charge in [0.05, 0.1) is 24.0 Å². The zero-order valence-corrected chi connectivity index (χ0v) is 19.5. The number of aromatic nitrogens is 2. The summed E-state index contributed by atoms with van der Waals surface area (Å²) in [6.07, 6.45) is 1.99. The van der Waals surface area contributed by atoms with E-state index >= 15 is 0 Å². The molecule has 0 N–H and O–H groups in total. The maximum atomic E-state index is 12.9. The van der Waals surface area contributed by atoms with Crippen LogP contribution in [0.1, 0.15) is 16.7 Å². The van der Waals surface area contributed by atoms with Crippen molar-refractivity contribution in [3.05, 3.63) is 85.8 Å². The minimum absolute atomic E-state index is 0.106. The molecule has 0 atom stereocenters. The number of piperazine rings is 1. The van der Waals surface area contributed by atoms with Gasteiger partial charge in [-0.2, -0.15) is 9.78 Å². The lowest BCUT2D eigenvalue weighted by Gasteiger charge is -2.36. The summed E-state index contributed by atoms with van der Waals surface area (Å²) in [4.78, 5) is 29.5. The summed E-state index contributed by atoms with van der Waals surface area (Å²) in [5.41, 5.74) is 3.82. The monoisotopic (exact) mass is 470 g/mol. The third-order valence-corrected chi connectivity index (χ3v) is 6.64. The minimum atomic E-state index is -0.401. The van der Waals surface area contributed by atoms with Gasteiger partial charge in [0.25, 0.3) is 5.56 Å². The van der Waals surface area contributed by atoms with E-state index in [1.807, 2.05) is 54.0 Å². The van der Waals surface area contributed by atoms with Gasteiger partial charge in [0.15, 0.2) is 0 Å². The number of hydrogen-bond acceptors (Lipinski definition) is 4. The predicted molar refractivity (Wildman–Crippen MR) is 128 cm³/mol. The first kappa shape index (κ1) is 22.4. The smallest absolute Gasteiger partial charge is 0.292 e. The number of nitrogens with zero attached hydrogens (tertiary/aromatic N) is 4. The molecule has 166 valence electrons. The first-order chi connectivity index (χ1) is 15.3. The van der Waals surface area contributed by atoms with E-state index in [9.17, 15) is 9.59 Å². The van der Waals surface area contributed by atoms with Gasteiger partial charge >= 0.3 is 0 Å². The van der Waals surface area contributed by atoms with Crippen LogP contribution in [0, 0.1) is 13.8 Å². The van der Waals surface area contributed by atoms with Crippen molar-refractivity contribution in [2.24, 2.45) is 0 Å². The maximum absolute atomic E-state index is 12.9. The van der Waals surface area contributed by atoms with Crippen molar-refractivity contribution in [2.75, 3.05) is 31.1 Å². The molecule has 1 fully saturated rings. The standard InChI is InChI=1S/C24H24Cl2N4O2/c1-16-5-3-4-6-18(16)13-22(31)29-11-9-28(10-12-29)21-15-27-30(24(32)23(21)26)19-8-7-17(2)20(25)14-19/h3-8,14-15H,9-13H2,1-2H3. The van der Waals surface area contributed by atoms with Gasteiger partial charge in [-0.1, -0.05) is 53.5 Å². The van der Waals surface area contributed by atoms with Gasteiger partial charge in [-0.15, -0.1) is 0 Å². The molecule has 1 amide bonds. The van der Waals surface area contributed by atoms with Gasteiger partial charge in [0.2, 0.25) is 5.91 Å². The quantitative estimate of drug-likeness (QED) is 0.576. The lowest BCUT2D eigenvalue weighted by molar-refractivity contribution is -0.130. The van der Waals surface area contributed by atoms with Crippen molar-refractivity contribution < 1.29 is 4.79 Å². The summed E-state index contributed by atoms with van der Waals surface area (Å²) in [6, 6.07) is 13.2. The van der Waals surface area contributed by atoms with Crippen molar-refractivity contribution in [2.45, 2.75) is 20.3 Å². The lowest BCUT2D eigenvalue weighted by Crippen LogP contribution is -2.49. The molecule has 1 aliphatic rings. The van der Waals surface area contributed by atoms with Gasteiger partial charge in [-0.3, -0.25) is 9.59 Å². The van der Waals surface area contributed by atoms with E-state index in [2.05, 4.69) is 5.10 Å². The molecular formula is C24H24Cl2N4O2. The Bertz CT molecular complexity index is 1220. The van der Waals surface area contributed by atoms with Crippen LogP contribution in [0.5, 0.6) is 0 Å². The molecule has 0 spiro atoms. The Kier molecular flexibility index (Phi) is 6.53. The second-order valence-electron chi connectivity index (χ2n) is 7.97. The average Bonchev–Trinajstić information content (AvgIpc) is 2.79. The Hall–Kier alpha value is -2.83. The van der Waals surface area contributed by atoms with Crippen LogP contribution in [0.15, 0.2) is 53.5 Å². The third-order valence-electron chi connectivity index (χ3n) is 5.88. The van der Waals surface area contributed by atoms with E-state index in [-0.39, 0.29) is 10.9 Å². The van der Waals surface area contributed by atoms with E-state index in [0.717, 1.165) is 16.7 Å². The van der Waals surface area contributed by atoms with Crippen LogP contribution >= 0.6 is 23.2 Å². The number of aryl methyl sites for hydroxylation is 2. The highest BCUT2D eigenvalue weighted by Crippen LogP contribution is 2.24. The van der Waals surface area contributed by atoms with Gasteiger partial charge in [-0.05, 0) is 42.7 Å². The fraction of sp³-hybridized carbons (Fsp3) is 0.292. The van der Waals surface area contributed by atoms with Gasteiger partial charge in [0.1, 0.15) is 5.02 Å². The van der Waals surface area contributed by atoms with Crippen LogP contribution in [0.2, 0.25) is 10.0 Å². The van der Waals surface area contributed by atoms with Crippen LogP contribution in [0.4, 0.5) is 5.69 Å². The maximum Gasteiger partial charge on any atom is 0.292 e. The highest BCUT2D eigenvalue weighted by Gasteiger charge is 2.24. The summed E-state index contributed by atoms with van der Waals surface area (Å²) in [5.74, 6) is 0.106. The molecule has 0 radical (unpaired) electrons. The molecule has 2 aromatic carbocycles. The molecular weight excluding hydrogens is 447 g/mol. The molecule has 6 nitrogen and oxygen atoms in total. The third kappa shape index (κ3) is 4.52. The molecule has 0 bridgehead atoms. The summed E-state index contributed by atoms with van der Waals surface area (Å²) in [5, 5.41) is 4.98. The van der Waals surface area contributed by atoms with Crippen LogP contribution in [-0.4, -0.2) is 46.8 Å². The Morgan fingerprint density at radius 1 is 1.00 bits per heavy atom. The summed E-state index contributed by atoms with van der Waals surface area (Å²) < 4.78 is 1.25. The zero-order valence-electron chi connectivity index (χ0n) is 18.0. The number of hydrogen-bond donors (Lipinski definition) is 0. The van der Waals surface area contributed by atoms with Crippen LogP contribution in [-0.2, 0) is 11.2 Å². The molecule has 8 heteroatoms. The second-order valence-corrected chi connectivity index (χ2v) is 8.75. The molecule has 32 heavy (non-hydrogen) atoms. The molecule has 1 saturated heterocycles. The molecule has 0 aliphatic carbocycles. The first-order valence-electron chi connectivity index (χ1n) is 10.5. The number of benzene rings is 2. The summed E-state index contributed by atoms with van der Waals surface area (Å²) in [6.45, 7) is 6.21. The largest absolute Gasteiger partial charge is 0.365 e. The number of halogens is 2. The second kappa shape index (κ2) is 9.35. The normalized spacial score (nSPS) is 14.0. The molecule has 0 unspecified atom stereocenters. The van der Waals surface area contributed by atoms with E-state index in [0.29, 0.717) is 49.0 Å². The Labute approximate surface area is 197 Å². The van der Waals surface area contributed by atoms with Gasteiger partial charge < -0.3 is 9.80 Å². The van der Waals surface area contributed by atoms with Gasteiger partial charge in [-0.25, -0.2) is 0 Å². The molecule has 4 rings (SSSR count). The van der Waals surface area contributed by atoms with Crippen LogP contribution < -0.4 is 10.5 Å². The highest BCUT2D eigenvalue weighted by molar-refractivity contribution is 6.33. The number of amides is 1. The Morgan fingerprint density at radius 3 is 2.41 bits per heavy atom. The van der Waals surface area contributed by atoms with Crippen LogP contribution in [0.3, 0.4) is 0 Å². The minimum Gasteiger partial charge on any atom is -0.365 e. The molecule has 1 aromatic heterocycles. The van der Waals surface area contributed by atoms with Crippen molar-refractivity contribution in [1.82, 2.24) is 14.7 Å². The fourth-order valence-electron chi connectivity index (χ4n) is 3.82. The lowest BCUT2D eigenvalue weighted by atomic mass is 10.1. The Morgan fingerprint density at radius 2 is 1.72 bits per heavy atom. The molecule has 2 heterocycles. The van der Waals surface area contributed by atoms with Gasteiger partial charge in [0, 0.05) is 31.2 Å². The van der Waals surface area contributed by atoms with Crippen molar-refractivity contribution in [3.63, 3.8) is 0 Å². The van der Waals surface area contributed by atoms with Crippen molar-refractivity contribution >= 4 is 34.8 Å². The zero-order chi connectivity index (χ0) is 22.8. The van der Waals surface area contributed by atoms with E-state index in [1.54, 1.807) is 18.3 Å². The van der Waals surface area contributed by atoms with E-state index in [1.165, 1.54) is 4.68 Å². The number of carbonyl (C=O) groups is 1. The number of rotatable bonds is 4. The summed E-state index contributed by atoms with van der Waals surface area (Å²) in [7, 11) is 0. The van der Waals surface area contributed by atoms with E-state index < -0.39 is 5.56 Å². The molecule has 3 aromatic rings. The number of carbonyl (C=O) groups excluding carboxylic acids is 1. The Balaban J connectivity index is 1.46.